The second-order valence-corrected chi connectivity index (χ2v) is 5.71. The van der Waals surface area contributed by atoms with Gasteiger partial charge in [-0.1, -0.05) is 28.1 Å². The van der Waals surface area contributed by atoms with E-state index in [1.54, 1.807) is 24.3 Å². The highest BCUT2D eigenvalue weighted by Gasteiger charge is 2.07. The lowest BCUT2D eigenvalue weighted by molar-refractivity contribution is 0.282. The van der Waals surface area contributed by atoms with Gasteiger partial charge in [-0.15, -0.1) is 0 Å². The standard InChI is InChI=1S/C8H10BrNO3S/c9-6-14(12,13)10-8-3-1-2-7(4-8)5-11/h1-4,10-11H,5-6H2. The smallest absolute Gasteiger partial charge is 0.242 e. The summed E-state index contributed by atoms with van der Waals surface area (Å²) in [6.07, 6.45) is 0. The molecule has 0 saturated heterocycles. The van der Waals surface area contributed by atoms with Gasteiger partial charge in [-0.25, -0.2) is 8.42 Å². The Kier molecular flexibility index (Phi) is 3.91. The van der Waals surface area contributed by atoms with Gasteiger partial charge in [0.25, 0.3) is 0 Å². The van der Waals surface area contributed by atoms with E-state index in [2.05, 4.69) is 20.7 Å². The summed E-state index contributed by atoms with van der Waals surface area (Å²) >= 11 is 2.86. The van der Waals surface area contributed by atoms with E-state index in [4.69, 9.17) is 5.11 Å². The summed E-state index contributed by atoms with van der Waals surface area (Å²) in [7, 11) is -3.31. The van der Waals surface area contributed by atoms with Gasteiger partial charge in [0.15, 0.2) is 0 Å². The van der Waals surface area contributed by atoms with Crippen LogP contribution < -0.4 is 4.72 Å². The lowest BCUT2D eigenvalue weighted by atomic mass is 10.2. The van der Waals surface area contributed by atoms with Crippen molar-refractivity contribution in [3.05, 3.63) is 29.8 Å². The molecule has 0 saturated carbocycles. The predicted molar refractivity (Wildman–Crippen MR) is 58.7 cm³/mol. The molecular weight excluding hydrogens is 270 g/mol. The summed E-state index contributed by atoms with van der Waals surface area (Å²) in [6.45, 7) is -0.107. The number of hydrogen-bond donors (Lipinski definition) is 2. The van der Waals surface area contributed by atoms with Crippen LogP contribution in [0.5, 0.6) is 0 Å². The molecule has 0 spiro atoms. The summed E-state index contributed by atoms with van der Waals surface area (Å²) < 4.78 is 24.5. The third-order valence-corrected chi connectivity index (χ3v) is 4.17. The number of sulfonamides is 1. The molecule has 0 radical (unpaired) electrons. The third-order valence-electron chi connectivity index (χ3n) is 1.53. The van der Waals surface area contributed by atoms with E-state index < -0.39 is 10.0 Å². The van der Waals surface area contributed by atoms with Gasteiger partial charge in [-0.2, -0.15) is 0 Å². The van der Waals surface area contributed by atoms with Gasteiger partial charge in [0.2, 0.25) is 10.0 Å². The lowest BCUT2D eigenvalue weighted by Gasteiger charge is -2.05. The molecule has 1 aromatic carbocycles. The highest BCUT2D eigenvalue weighted by Crippen LogP contribution is 2.12. The van der Waals surface area contributed by atoms with E-state index in [-0.39, 0.29) is 11.3 Å². The normalized spacial score (nSPS) is 11.3. The number of anilines is 1. The van der Waals surface area contributed by atoms with Crippen molar-refractivity contribution in [2.24, 2.45) is 0 Å². The van der Waals surface area contributed by atoms with Crippen molar-refractivity contribution in [1.29, 1.82) is 0 Å². The van der Waals surface area contributed by atoms with Gasteiger partial charge in [-0.3, -0.25) is 4.72 Å². The van der Waals surface area contributed by atoms with Crippen LogP contribution in [0.15, 0.2) is 24.3 Å². The fourth-order valence-electron chi connectivity index (χ4n) is 0.940. The molecule has 1 rings (SSSR count). The number of alkyl halides is 1. The monoisotopic (exact) mass is 279 g/mol. The first-order valence-corrected chi connectivity index (χ1v) is 6.61. The van der Waals surface area contributed by atoms with E-state index in [0.717, 1.165) is 0 Å². The van der Waals surface area contributed by atoms with Gasteiger partial charge in [-0.05, 0) is 17.7 Å². The Morgan fingerprint density at radius 1 is 1.43 bits per heavy atom. The Labute approximate surface area is 91.1 Å². The van der Waals surface area contributed by atoms with Crippen molar-refractivity contribution in [2.75, 3.05) is 9.38 Å². The number of rotatable bonds is 4. The maximum atomic E-state index is 11.1. The predicted octanol–water partition coefficient (Wildman–Crippen LogP) is 1.27. The maximum absolute atomic E-state index is 11.1. The van der Waals surface area contributed by atoms with E-state index in [9.17, 15) is 8.42 Å². The largest absolute Gasteiger partial charge is 0.392 e. The molecule has 0 aliphatic heterocycles. The molecule has 4 nitrogen and oxygen atoms in total. The molecule has 2 N–H and O–H groups in total. The summed E-state index contributed by atoms with van der Waals surface area (Å²) in [6, 6.07) is 6.60. The Morgan fingerprint density at radius 3 is 2.71 bits per heavy atom. The summed E-state index contributed by atoms with van der Waals surface area (Å²) in [5, 5.41) is 8.83. The Balaban J connectivity index is 2.87. The molecule has 78 valence electrons. The van der Waals surface area contributed by atoms with Crippen LogP contribution in [-0.2, 0) is 16.6 Å². The number of halogens is 1. The van der Waals surface area contributed by atoms with Crippen molar-refractivity contribution in [3.8, 4) is 0 Å². The van der Waals surface area contributed by atoms with Crippen LogP contribution in [-0.4, -0.2) is 18.2 Å². The Hall–Kier alpha value is -0.590. The minimum absolute atomic E-state index is 0.107. The van der Waals surface area contributed by atoms with Crippen molar-refractivity contribution in [3.63, 3.8) is 0 Å². The number of nitrogens with one attached hydrogen (secondary N) is 1. The first kappa shape index (κ1) is 11.5. The number of benzene rings is 1. The Bertz CT molecular complexity index is 405. The zero-order valence-electron chi connectivity index (χ0n) is 7.27. The first-order chi connectivity index (χ1) is 6.57. The lowest BCUT2D eigenvalue weighted by Crippen LogP contribution is -2.13. The molecule has 0 aromatic heterocycles. The third kappa shape index (κ3) is 3.28. The van der Waals surface area contributed by atoms with Crippen molar-refractivity contribution >= 4 is 31.6 Å². The zero-order valence-corrected chi connectivity index (χ0v) is 9.68. The quantitative estimate of drug-likeness (QED) is 0.816. The molecule has 1 aromatic rings. The van der Waals surface area contributed by atoms with E-state index >= 15 is 0 Å². The highest BCUT2D eigenvalue weighted by molar-refractivity contribution is 9.10. The summed E-state index contributed by atoms with van der Waals surface area (Å²) in [4.78, 5) is 0. The van der Waals surface area contributed by atoms with E-state index in [1.165, 1.54) is 0 Å². The number of aliphatic hydroxyl groups is 1. The van der Waals surface area contributed by atoms with Gasteiger partial charge in [0.1, 0.15) is 4.66 Å². The van der Waals surface area contributed by atoms with E-state index in [0.29, 0.717) is 11.3 Å². The SMILES string of the molecule is O=S(=O)(CBr)Nc1cccc(CO)c1. The fourth-order valence-corrected chi connectivity index (χ4v) is 1.82. The van der Waals surface area contributed by atoms with Gasteiger partial charge < -0.3 is 5.11 Å². The summed E-state index contributed by atoms with van der Waals surface area (Å²) in [5.41, 5.74) is 1.12. The van der Waals surface area contributed by atoms with Crippen LogP contribution in [0.4, 0.5) is 5.69 Å². The first-order valence-electron chi connectivity index (χ1n) is 3.83. The van der Waals surface area contributed by atoms with Crippen LogP contribution in [0, 0.1) is 0 Å². The molecule has 0 unspecified atom stereocenters. The highest BCUT2D eigenvalue weighted by atomic mass is 79.9. The van der Waals surface area contributed by atoms with Crippen LogP contribution in [0.2, 0.25) is 0 Å². The zero-order chi connectivity index (χ0) is 10.6. The van der Waals surface area contributed by atoms with Gasteiger partial charge in [0, 0.05) is 5.69 Å². The minimum atomic E-state index is -3.31. The minimum Gasteiger partial charge on any atom is -0.392 e. The molecule has 0 amide bonds. The van der Waals surface area contributed by atoms with Crippen LogP contribution in [0.1, 0.15) is 5.56 Å². The second kappa shape index (κ2) is 4.77. The van der Waals surface area contributed by atoms with Crippen LogP contribution in [0.25, 0.3) is 0 Å². The molecule has 14 heavy (non-hydrogen) atoms. The average Bonchev–Trinajstić information content (AvgIpc) is 2.17. The molecule has 0 aliphatic carbocycles. The fraction of sp³-hybridized carbons (Fsp3) is 0.250. The average molecular weight is 280 g/mol. The van der Waals surface area contributed by atoms with Crippen molar-refractivity contribution < 1.29 is 13.5 Å². The Morgan fingerprint density at radius 2 is 2.14 bits per heavy atom. The molecule has 0 bridgehead atoms. The summed E-state index contributed by atoms with van der Waals surface area (Å²) in [5.74, 6) is 0. The topological polar surface area (TPSA) is 66.4 Å². The van der Waals surface area contributed by atoms with Gasteiger partial charge in [0.05, 0.1) is 6.61 Å². The number of hydrogen-bond acceptors (Lipinski definition) is 3. The van der Waals surface area contributed by atoms with Crippen LogP contribution >= 0.6 is 15.9 Å². The number of aliphatic hydroxyl groups excluding tert-OH is 1. The molecule has 6 heteroatoms. The maximum Gasteiger partial charge on any atom is 0.242 e. The molecule has 0 aliphatic rings. The van der Waals surface area contributed by atoms with E-state index in [1.807, 2.05) is 0 Å². The second-order valence-electron chi connectivity index (χ2n) is 2.68. The van der Waals surface area contributed by atoms with Crippen molar-refractivity contribution in [1.82, 2.24) is 0 Å². The molecular formula is C8H10BrNO3S. The van der Waals surface area contributed by atoms with Crippen LogP contribution in [0.3, 0.4) is 0 Å². The van der Waals surface area contributed by atoms with Crippen molar-refractivity contribution in [2.45, 2.75) is 6.61 Å². The van der Waals surface area contributed by atoms with Gasteiger partial charge >= 0.3 is 0 Å². The molecule has 0 heterocycles. The molecule has 0 fully saturated rings. The molecule has 0 atom stereocenters.